The van der Waals surface area contributed by atoms with Crippen LogP contribution in [0, 0.1) is 0 Å². The summed E-state index contributed by atoms with van der Waals surface area (Å²) >= 11 is 16.3. The highest BCUT2D eigenvalue weighted by atomic mass is 79.9. The lowest BCUT2D eigenvalue weighted by atomic mass is 10.1. The molecule has 0 heterocycles. The minimum atomic E-state index is -4.21. The zero-order chi connectivity index (χ0) is 31.1. The monoisotopic (exact) mass is 709 g/mol. The van der Waals surface area contributed by atoms with Crippen LogP contribution in [-0.4, -0.2) is 50.4 Å². The number of nitrogens with zero attached hydrogens (tertiary/aromatic N) is 2. The topological polar surface area (TPSA) is 96.0 Å². The fourth-order valence-corrected chi connectivity index (χ4v) is 7.16. The van der Waals surface area contributed by atoms with E-state index in [1.807, 2.05) is 6.92 Å². The number of halogens is 3. The summed E-state index contributed by atoms with van der Waals surface area (Å²) in [6.07, 6.45) is 3.81. The van der Waals surface area contributed by atoms with Gasteiger partial charge in [-0.3, -0.25) is 13.9 Å². The third kappa shape index (κ3) is 8.23. The van der Waals surface area contributed by atoms with Gasteiger partial charge in [0.25, 0.3) is 10.0 Å². The van der Waals surface area contributed by atoms with E-state index >= 15 is 0 Å². The molecule has 2 amide bonds. The standard InChI is InChI=1S/C31H34BrCl2N3O5S/c1-3-42-25-15-13-24(14-16-25)37(43(40,41)26-17-11-22(32)12-18-26)20-30(38)36(19-27-28(33)9-6-10-29(27)34)21(2)31(39)35-23-7-4-5-8-23/h6,9-18,21,23H,3-5,7-8,19-20H2,1-2H3,(H,35,39). The Hall–Kier alpha value is -2.79. The van der Waals surface area contributed by atoms with Crippen LogP contribution in [-0.2, 0) is 26.2 Å². The molecular formula is C31H34BrCl2N3O5S. The van der Waals surface area contributed by atoms with Gasteiger partial charge >= 0.3 is 0 Å². The van der Waals surface area contributed by atoms with Gasteiger partial charge in [-0.2, -0.15) is 0 Å². The summed E-state index contributed by atoms with van der Waals surface area (Å²) in [5, 5.41) is 3.71. The lowest BCUT2D eigenvalue weighted by Crippen LogP contribution is -2.52. The van der Waals surface area contributed by atoms with Gasteiger partial charge in [0.15, 0.2) is 0 Å². The van der Waals surface area contributed by atoms with Gasteiger partial charge in [-0.1, -0.05) is 58.0 Å². The van der Waals surface area contributed by atoms with Crippen molar-refractivity contribution >= 4 is 66.7 Å². The molecule has 0 aromatic heterocycles. The normalized spacial score (nSPS) is 14.3. The molecule has 1 aliphatic carbocycles. The Balaban J connectivity index is 1.72. The molecule has 1 fully saturated rings. The van der Waals surface area contributed by atoms with E-state index in [2.05, 4.69) is 21.2 Å². The number of nitrogens with one attached hydrogen (secondary N) is 1. The fraction of sp³-hybridized carbons (Fsp3) is 0.355. The van der Waals surface area contributed by atoms with Crippen molar-refractivity contribution < 1.29 is 22.7 Å². The first kappa shape index (κ1) is 33.1. The van der Waals surface area contributed by atoms with Crippen LogP contribution in [0.2, 0.25) is 10.0 Å². The Morgan fingerprint density at radius 1 is 1.00 bits per heavy atom. The Bertz CT molecular complexity index is 1510. The van der Waals surface area contributed by atoms with Gasteiger partial charge in [0.2, 0.25) is 11.8 Å². The molecule has 1 aliphatic rings. The second kappa shape index (κ2) is 14.8. The summed E-state index contributed by atoms with van der Waals surface area (Å²) in [6, 6.07) is 16.7. The van der Waals surface area contributed by atoms with Crippen molar-refractivity contribution in [1.29, 1.82) is 0 Å². The number of anilines is 1. The quantitative estimate of drug-likeness (QED) is 0.223. The number of carbonyl (C=O) groups is 2. The summed E-state index contributed by atoms with van der Waals surface area (Å²) in [6.45, 7) is 3.25. The van der Waals surface area contributed by atoms with Crippen molar-refractivity contribution in [2.24, 2.45) is 0 Å². The van der Waals surface area contributed by atoms with E-state index in [1.165, 1.54) is 17.0 Å². The second-order valence-corrected chi connectivity index (χ2v) is 13.9. The minimum absolute atomic E-state index is 0.00473. The van der Waals surface area contributed by atoms with Crippen molar-refractivity contribution in [3.05, 3.63) is 86.8 Å². The van der Waals surface area contributed by atoms with Crippen molar-refractivity contribution in [3.63, 3.8) is 0 Å². The maximum absolute atomic E-state index is 14.2. The Morgan fingerprint density at radius 2 is 1.60 bits per heavy atom. The molecule has 0 bridgehead atoms. The average Bonchev–Trinajstić information content (AvgIpc) is 3.49. The predicted octanol–water partition coefficient (Wildman–Crippen LogP) is 6.83. The lowest BCUT2D eigenvalue weighted by Gasteiger charge is -2.33. The molecule has 3 aromatic rings. The largest absolute Gasteiger partial charge is 0.494 e. The minimum Gasteiger partial charge on any atom is -0.494 e. The molecule has 0 radical (unpaired) electrons. The highest BCUT2D eigenvalue weighted by molar-refractivity contribution is 9.10. The van der Waals surface area contributed by atoms with Gasteiger partial charge in [0.1, 0.15) is 18.3 Å². The van der Waals surface area contributed by atoms with Crippen LogP contribution >= 0.6 is 39.1 Å². The molecule has 1 unspecified atom stereocenters. The van der Waals surface area contributed by atoms with Crippen LogP contribution < -0.4 is 14.4 Å². The number of amides is 2. The van der Waals surface area contributed by atoms with Crippen molar-refractivity contribution in [3.8, 4) is 5.75 Å². The third-order valence-electron chi connectivity index (χ3n) is 7.38. The lowest BCUT2D eigenvalue weighted by molar-refractivity contribution is -0.139. The van der Waals surface area contributed by atoms with Crippen molar-refractivity contribution in [2.75, 3.05) is 17.5 Å². The van der Waals surface area contributed by atoms with Crippen LogP contribution in [0.3, 0.4) is 0 Å². The van der Waals surface area contributed by atoms with Crippen molar-refractivity contribution in [2.45, 2.75) is 63.1 Å². The number of hydrogen-bond donors (Lipinski definition) is 1. The zero-order valence-electron chi connectivity index (χ0n) is 23.9. The summed E-state index contributed by atoms with van der Waals surface area (Å²) in [5.41, 5.74) is 0.724. The van der Waals surface area contributed by atoms with Crippen LogP contribution in [0.25, 0.3) is 0 Å². The number of hydrogen-bond acceptors (Lipinski definition) is 5. The molecule has 230 valence electrons. The third-order valence-corrected chi connectivity index (χ3v) is 10.4. The molecule has 0 saturated heterocycles. The van der Waals surface area contributed by atoms with Gasteiger partial charge in [-0.25, -0.2) is 8.42 Å². The van der Waals surface area contributed by atoms with Gasteiger partial charge in [-0.15, -0.1) is 0 Å². The molecule has 8 nitrogen and oxygen atoms in total. The van der Waals surface area contributed by atoms with Crippen LogP contribution in [0.1, 0.15) is 45.1 Å². The van der Waals surface area contributed by atoms with Crippen molar-refractivity contribution in [1.82, 2.24) is 10.2 Å². The molecule has 0 spiro atoms. The summed E-state index contributed by atoms with van der Waals surface area (Å²) in [7, 11) is -4.21. The number of ether oxygens (including phenoxy) is 1. The summed E-state index contributed by atoms with van der Waals surface area (Å²) in [4.78, 5) is 28.9. The maximum Gasteiger partial charge on any atom is 0.264 e. The van der Waals surface area contributed by atoms with Crippen LogP contribution in [0.5, 0.6) is 5.75 Å². The van der Waals surface area contributed by atoms with E-state index in [4.69, 9.17) is 27.9 Å². The number of rotatable bonds is 12. The fourth-order valence-electron chi connectivity index (χ4n) is 4.97. The molecule has 43 heavy (non-hydrogen) atoms. The molecule has 3 aromatic carbocycles. The van der Waals surface area contributed by atoms with Gasteiger partial charge in [0.05, 0.1) is 17.2 Å². The van der Waals surface area contributed by atoms with E-state index in [1.54, 1.807) is 61.5 Å². The van der Waals surface area contributed by atoms with E-state index in [-0.39, 0.29) is 29.1 Å². The van der Waals surface area contributed by atoms with Gasteiger partial charge in [0, 0.05) is 32.7 Å². The Morgan fingerprint density at radius 3 is 2.19 bits per heavy atom. The number of sulfonamides is 1. The Labute approximate surface area is 271 Å². The van der Waals surface area contributed by atoms with Crippen LogP contribution in [0.15, 0.2) is 76.1 Å². The highest BCUT2D eigenvalue weighted by Gasteiger charge is 2.34. The van der Waals surface area contributed by atoms with Gasteiger partial charge in [-0.05, 0) is 87.4 Å². The second-order valence-electron chi connectivity index (χ2n) is 10.3. The molecular weight excluding hydrogens is 677 g/mol. The first-order chi connectivity index (χ1) is 20.5. The SMILES string of the molecule is CCOc1ccc(N(CC(=O)N(Cc2c(Cl)cccc2Cl)C(C)C(=O)NC2CCCC2)S(=O)(=O)c2ccc(Br)cc2)cc1. The first-order valence-corrected chi connectivity index (χ1v) is 17.0. The molecule has 0 aliphatic heterocycles. The molecule has 1 saturated carbocycles. The van der Waals surface area contributed by atoms with Gasteiger partial charge < -0.3 is 15.0 Å². The van der Waals surface area contributed by atoms with Crippen LogP contribution in [0.4, 0.5) is 5.69 Å². The molecule has 12 heteroatoms. The Kier molecular flexibility index (Phi) is 11.4. The molecule has 1 atom stereocenters. The van der Waals surface area contributed by atoms with E-state index in [0.717, 1.165) is 30.0 Å². The molecule has 1 N–H and O–H groups in total. The zero-order valence-corrected chi connectivity index (χ0v) is 27.8. The van der Waals surface area contributed by atoms with E-state index < -0.39 is 28.5 Å². The smallest absolute Gasteiger partial charge is 0.264 e. The predicted molar refractivity (Wildman–Crippen MR) is 173 cm³/mol. The first-order valence-electron chi connectivity index (χ1n) is 14.0. The summed E-state index contributed by atoms with van der Waals surface area (Å²) in [5.74, 6) is -0.364. The number of carbonyl (C=O) groups excluding carboxylic acids is 2. The maximum atomic E-state index is 14.2. The van der Waals surface area contributed by atoms with E-state index in [0.29, 0.717) is 32.4 Å². The summed E-state index contributed by atoms with van der Waals surface area (Å²) < 4.78 is 35.3. The highest BCUT2D eigenvalue weighted by Crippen LogP contribution is 2.30. The van der Waals surface area contributed by atoms with E-state index in [9.17, 15) is 18.0 Å². The average molecular weight is 712 g/mol. The molecule has 4 rings (SSSR count). The number of benzene rings is 3.